The average molecular weight is 541 g/mol. The Bertz CT molecular complexity index is 1470. The van der Waals surface area contributed by atoms with Crippen molar-refractivity contribution in [3.8, 4) is 17.6 Å². The molecule has 1 N–H and O–H groups in total. The standard InChI is InChI=1S/C30H25BrN2O3/c1-3-35-28-16-23(15-24(18-32)30(34)33-25-13-11-20(2)12-14-25)27(31)17-29(28)36-19-22-9-6-8-21-7-4-5-10-26(21)22/h4-17H,3,19H2,1-2H3,(H,33,34)/b24-15+. The molecule has 6 heteroatoms. The summed E-state index contributed by atoms with van der Waals surface area (Å²) < 4.78 is 12.7. The number of benzene rings is 4. The summed E-state index contributed by atoms with van der Waals surface area (Å²) in [7, 11) is 0. The van der Waals surface area contributed by atoms with Gasteiger partial charge in [0.05, 0.1) is 6.61 Å². The van der Waals surface area contributed by atoms with Crippen molar-refractivity contribution >= 4 is 44.4 Å². The highest BCUT2D eigenvalue weighted by molar-refractivity contribution is 9.10. The van der Waals surface area contributed by atoms with E-state index in [-0.39, 0.29) is 5.57 Å². The lowest BCUT2D eigenvalue weighted by molar-refractivity contribution is -0.112. The molecule has 0 unspecified atom stereocenters. The minimum atomic E-state index is -0.484. The minimum absolute atomic E-state index is 0.0249. The van der Waals surface area contributed by atoms with Gasteiger partial charge in [-0.1, -0.05) is 76.1 Å². The van der Waals surface area contributed by atoms with Crippen LogP contribution in [0, 0.1) is 18.3 Å². The Labute approximate surface area is 219 Å². The first-order valence-corrected chi connectivity index (χ1v) is 12.3. The van der Waals surface area contributed by atoms with E-state index in [1.165, 1.54) is 6.08 Å². The largest absolute Gasteiger partial charge is 0.490 e. The third-order valence-corrected chi connectivity index (χ3v) is 6.29. The van der Waals surface area contributed by atoms with Crippen molar-refractivity contribution in [2.75, 3.05) is 11.9 Å². The summed E-state index contributed by atoms with van der Waals surface area (Å²) in [5, 5.41) is 14.7. The first-order valence-electron chi connectivity index (χ1n) is 11.5. The Morgan fingerprint density at radius 3 is 2.47 bits per heavy atom. The molecule has 5 nitrogen and oxygen atoms in total. The second-order valence-corrected chi connectivity index (χ2v) is 9.02. The predicted molar refractivity (Wildman–Crippen MR) is 147 cm³/mol. The number of nitrogens with zero attached hydrogens (tertiary/aromatic N) is 1. The van der Waals surface area contributed by atoms with Gasteiger partial charge >= 0.3 is 0 Å². The fourth-order valence-electron chi connectivity index (χ4n) is 3.76. The average Bonchev–Trinajstić information content (AvgIpc) is 2.89. The summed E-state index contributed by atoms with van der Waals surface area (Å²) in [5.41, 5.74) is 3.38. The van der Waals surface area contributed by atoms with Crippen molar-refractivity contribution in [2.24, 2.45) is 0 Å². The van der Waals surface area contributed by atoms with Crippen molar-refractivity contribution in [3.05, 3.63) is 106 Å². The first-order chi connectivity index (χ1) is 17.5. The van der Waals surface area contributed by atoms with Gasteiger partial charge in [-0.05, 0) is 66.1 Å². The molecule has 0 radical (unpaired) electrons. The molecule has 0 aliphatic carbocycles. The number of nitriles is 1. The van der Waals surface area contributed by atoms with Crippen LogP contribution in [0.15, 0.2) is 88.9 Å². The maximum atomic E-state index is 12.7. The summed E-state index contributed by atoms with van der Waals surface area (Å²) >= 11 is 3.56. The van der Waals surface area contributed by atoms with Crippen LogP contribution >= 0.6 is 15.9 Å². The Hall–Kier alpha value is -4.08. The molecule has 180 valence electrons. The van der Waals surface area contributed by atoms with Gasteiger partial charge in [-0.25, -0.2) is 0 Å². The smallest absolute Gasteiger partial charge is 0.266 e. The van der Waals surface area contributed by atoms with E-state index in [1.807, 2.05) is 56.3 Å². The molecule has 4 aromatic rings. The summed E-state index contributed by atoms with van der Waals surface area (Å²) in [4.78, 5) is 12.7. The van der Waals surface area contributed by atoms with Crippen LogP contribution in [0.2, 0.25) is 0 Å². The van der Waals surface area contributed by atoms with Gasteiger partial charge in [-0.3, -0.25) is 4.79 Å². The highest BCUT2D eigenvalue weighted by Crippen LogP contribution is 2.36. The molecular formula is C30H25BrN2O3. The van der Waals surface area contributed by atoms with Gasteiger partial charge in [-0.2, -0.15) is 5.26 Å². The summed E-state index contributed by atoms with van der Waals surface area (Å²) in [6, 6.07) is 27.3. The van der Waals surface area contributed by atoms with Crippen LogP contribution in [0.1, 0.15) is 23.6 Å². The number of carbonyl (C=O) groups excluding carboxylic acids is 1. The molecule has 0 saturated heterocycles. The third kappa shape index (κ3) is 5.94. The molecule has 0 aliphatic rings. The minimum Gasteiger partial charge on any atom is -0.490 e. The second kappa shape index (κ2) is 11.6. The van der Waals surface area contributed by atoms with E-state index < -0.39 is 5.91 Å². The maximum absolute atomic E-state index is 12.7. The summed E-state index contributed by atoms with van der Waals surface area (Å²) in [6.45, 7) is 4.66. The highest BCUT2D eigenvalue weighted by atomic mass is 79.9. The Balaban J connectivity index is 1.59. The Kier molecular flexibility index (Phi) is 8.04. The number of hydrogen-bond donors (Lipinski definition) is 1. The summed E-state index contributed by atoms with van der Waals surface area (Å²) in [6.07, 6.45) is 1.53. The van der Waals surface area contributed by atoms with E-state index >= 15 is 0 Å². The molecule has 1 amide bonds. The van der Waals surface area contributed by atoms with Crippen molar-refractivity contribution in [2.45, 2.75) is 20.5 Å². The number of amides is 1. The van der Waals surface area contributed by atoms with Gasteiger partial charge < -0.3 is 14.8 Å². The number of aryl methyl sites for hydroxylation is 1. The lowest BCUT2D eigenvalue weighted by Gasteiger charge is -2.15. The van der Waals surface area contributed by atoms with Gasteiger partial charge in [0, 0.05) is 10.2 Å². The van der Waals surface area contributed by atoms with Gasteiger partial charge in [0.2, 0.25) is 0 Å². The normalized spacial score (nSPS) is 11.1. The van der Waals surface area contributed by atoms with Crippen molar-refractivity contribution in [1.29, 1.82) is 5.26 Å². The number of hydrogen-bond acceptors (Lipinski definition) is 4. The van der Waals surface area contributed by atoms with Gasteiger partial charge in [0.15, 0.2) is 11.5 Å². The van der Waals surface area contributed by atoms with E-state index in [0.29, 0.717) is 40.4 Å². The lowest BCUT2D eigenvalue weighted by atomic mass is 10.1. The van der Waals surface area contributed by atoms with Gasteiger partial charge in [0.25, 0.3) is 5.91 Å². The van der Waals surface area contributed by atoms with E-state index in [1.54, 1.807) is 24.3 Å². The lowest BCUT2D eigenvalue weighted by Crippen LogP contribution is -2.13. The third-order valence-electron chi connectivity index (χ3n) is 5.60. The monoisotopic (exact) mass is 540 g/mol. The number of carbonyl (C=O) groups is 1. The first kappa shape index (κ1) is 25.0. The summed E-state index contributed by atoms with van der Waals surface area (Å²) in [5.74, 6) is 0.613. The molecule has 4 aromatic carbocycles. The molecule has 0 bridgehead atoms. The van der Waals surface area contributed by atoms with E-state index in [9.17, 15) is 10.1 Å². The fraction of sp³-hybridized carbons (Fsp3) is 0.133. The van der Waals surface area contributed by atoms with Crippen LogP contribution in [-0.4, -0.2) is 12.5 Å². The molecule has 36 heavy (non-hydrogen) atoms. The number of anilines is 1. The second-order valence-electron chi connectivity index (χ2n) is 8.17. The Morgan fingerprint density at radius 1 is 1.00 bits per heavy atom. The van der Waals surface area contributed by atoms with Crippen molar-refractivity contribution in [1.82, 2.24) is 0 Å². The molecule has 0 atom stereocenters. The van der Waals surface area contributed by atoms with Crippen LogP contribution in [0.25, 0.3) is 16.8 Å². The number of fused-ring (bicyclic) bond motifs is 1. The van der Waals surface area contributed by atoms with Crippen LogP contribution < -0.4 is 14.8 Å². The van der Waals surface area contributed by atoms with E-state index in [0.717, 1.165) is 21.9 Å². The van der Waals surface area contributed by atoms with Crippen molar-refractivity contribution < 1.29 is 14.3 Å². The van der Waals surface area contributed by atoms with Crippen LogP contribution in [0.3, 0.4) is 0 Å². The highest BCUT2D eigenvalue weighted by Gasteiger charge is 2.15. The zero-order valence-electron chi connectivity index (χ0n) is 20.0. The Morgan fingerprint density at radius 2 is 1.72 bits per heavy atom. The van der Waals surface area contributed by atoms with Gasteiger partial charge in [-0.15, -0.1) is 0 Å². The van der Waals surface area contributed by atoms with Crippen LogP contribution in [0.4, 0.5) is 5.69 Å². The molecule has 0 aromatic heterocycles. The number of nitrogens with one attached hydrogen (secondary N) is 1. The molecule has 0 spiro atoms. The predicted octanol–water partition coefficient (Wildman–Crippen LogP) is 7.43. The molecular weight excluding hydrogens is 516 g/mol. The SMILES string of the molecule is CCOc1cc(/C=C(\C#N)C(=O)Nc2ccc(C)cc2)c(Br)cc1OCc1cccc2ccccc12. The quantitative estimate of drug-likeness (QED) is 0.186. The number of rotatable bonds is 8. The maximum Gasteiger partial charge on any atom is 0.266 e. The van der Waals surface area contributed by atoms with Gasteiger partial charge in [0.1, 0.15) is 18.2 Å². The molecule has 0 aliphatic heterocycles. The van der Waals surface area contributed by atoms with Crippen LogP contribution in [-0.2, 0) is 11.4 Å². The van der Waals surface area contributed by atoms with Crippen molar-refractivity contribution in [3.63, 3.8) is 0 Å². The topological polar surface area (TPSA) is 71.3 Å². The van der Waals surface area contributed by atoms with Crippen LogP contribution in [0.5, 0.6) is 11.5 Å². The number of ether oxygens (including phenoxy) is 2. The van der Waals surface area contributed by atoms with E-state index in [4.69, 9.17) is 9.47 Å². The molecule has 4 rings (SSSR count). The molecule has 0 heterocycles. The fourth-order valence-corrected chi connectivity index (χ4v) is 4.19. The zero-order valence-corrected chi connectivity index (χ0v) is 21.6. The zero-order chi connectivity index (χ0) is 25.5. The van der Waals surface area contributed by atoms with E-state index in [2.05, 4.69) is 39.4 Å². The molecule has 0 fully saturated rings. The molecule has 0 saturated carbocycles. The number of halogens is 1.